The molecule has 2 aromatic carbocycles. The number of fused-ring (bicyclic) bond motifs is 1. The van der Waals surface area contributed by atoms with Crippen LogP contribution in [0.15, 0.2) is 48.5 Å². The van der Waals surface area contributed by atoms with Crippen LogP contribution in [0.1, 0.15) is 18.4 Å². The SMILES string of the molecule is COc1ccc(OC(C)C(=O)N2CC(C(=O)O)c3ccccc32)cc1. The first-order chi connectivity index (χ1) is 12.0. The van der Waals surface area contributed by atoms with Crippen molar-refractivity contribution in [2.24, 2.45) is 0 Å². The number of methoxy groups -OCH3 is 1. The van der Waals surface area contributed by atoms with Gasteiger partial charge in [-0.3, -0.25) is 9.59 Å². The summed E-state index contributed by atoms with van der Waals surface area (Å²) in [6, 6.07) is 14.0. The molecule has 1 aliphatic rings. The van der Waals surface area contributed by atoms with Crippen molar-refractivity contribution < 1.29 is 24.2 Å². The average molecular weight is 341 g/mol. The van der Waals surface area contributed by atoms with Crippen LogP contribution in [-0.4, -0.2) is 36.7 Å². The van der Waals surface area contributed by atoms with E-state index in [9.17, 15) is 14.7 Å². The second-order valence-corrected chi connectivity index (χ2v) is 5.83. The highest BCUT2D eigenvalue weighted by molar-refractivity contribution is 6.01. The molecule has 0 aliphatic carbocycles. The van der Waals surface area contributed by atoms with E-state index in [4.69, 9.17) is 9.47 Å². The van der Waals surface area contributed by atoms with Gasteiger partial charge in [0, 0.05) is 12.2 Å². The van der Waals surface area contributed by atoms with Crippen LogP contribution < -0.4 is 14.4 Å². The summed E-state index contributed by atoms with van der Waals surface area (Å²) in [7, 11) is 1.58. The molecule has 2 unspecified atom stereocenters. The van der Waals surface area contributed by atoms with Crippen molar-refractivity contribution in [1.82, 2.24) is 0 Å². The monoisotopic (exact) mass is 341 g/mol. The normalized spacial score (nSPS) is 16.9. The molecule has 130 valence electrons. The van der Waals surface area contributed by atoms with Gasteiger partial charge in [0.1, 0.15) is 17.4 Å². The molecular weight excluding hydrogens is 322 g/mol. The predicted octanol–water partition coefficient (Wildman–Crippen LogP) is 2.68. The Morgan fingerprint density at radius 1 is 1.12 bits per heavy atom. The third-order valence-corrected chi connectivity index (χ3v) is 4.25. The van der Waals surface area contributed by atoms with Gasteiger partial charge in [-0.05, 0) is 42.8 Å². The van der Waals surface area contributed by atoms with Gasteiger partial charge in [0.05, 0.1) is 7.11 Å². The summed E-state index contributed by atoms with van der Waals surface area (Å²) in [4.78, 5) is 25.7. The predicted molar refractivity (Wildman–Crippen MR) is 92.3 cm³/mol. The number of nitrogens with zero attached hydrogens (tertiary/aromatic N) is 1. The van der Waals surface area contributed by atoms with Crippen LogP contribution in [0.2, 0.25) is 0 Å². The summed E-state index contributed by atoms with van der Waals surface area (Å²) in [6.45, 7) is 1.77. The number of hydrogen-bond acceptors (Lipinski definition) is 4. The Morgan fingerprint density at radius 2 is 1.76 bits per heavy atom. The van der Waals surface area contributed by atoms with E-state index in [-0.39, 0.29) is 12.5 Å². The second-order valence-electron chi connectivity index (χ2n) is 5.83. The van der Waals surface area contributed by atoms with E-state index in [1.807, 2.05) is 0 Å². The number of ether oxygens (including phenoxy) is 2. The zero-order valence-electron chi connectivity index (χ0n) is 14.0. The zero-order chi connectivity index (χ0) is 18.0. The fraction of sp³-hybridized carbons (Fsp3) is 0.263. The topological polar surface area (TPSA) is 76.1 Å². The van der Waals surface area contributed by atoms with E-state index in [0.29, 0.717) is 22.7 Å². The number of carbonyl (C=O) groups is 2. The summed E-state index contributed by atoms with van der Waals surface area (Å²) in [5, 5.41) is 9.40. The molecule has 0 saturated heterocycles. The molecular formula is C19H19NO5. The number of amides is 1. The van der Waals surface area contributed by atoms with E-state index >= 15 is 0 Å². The van der Waals surface area contributed by atoms with Crippen molar-refractivity contribution >= 4 is 17.6 Å². The molecule has 1 aliphatic heterocycles. The molecule has 0 bridgehead atoms. The van der Waals surface area contributed by atoms with Crippen LogP contribution in [0.5, 0.6) is 11.5 Å². The summed E-state index contributed by atoms with van der Waals surface area (Å²) < 4.78 is 10.8. The molecule has 2 atom stereocenters. The Bertz CT molecular complexity index is 787. The Morgan fingerprint density at radius 3 is 2.40 bits per heavy atom. The maximum Gasteiger partial charge on any atom is 0.312 e. The molecule has 6 heteroatoms. The minimum absolute atomic E-state index is 0.115. The fourth-order valence-electron chi connectivity index (χ4n) is 2.96. The molecule has 0 saturated carbocycles. The maximum atomic E-state index is 12.8. The van der Waals surface area contributed by atoms with Gasteiger partial charge in [-0.1, -0.05) is 18.2 Å². The minimum Gasteiger partial charge on any atom is -0.497 e. The third kappa shape index (κ3) is 3.28. The first kappa shape index (κ1) is 16.8. The standard InChI is InChI=1S/C19H19NO5/c1-12(25-14-9-7-13(24-2)8-10-14)18(21)20-11-16(19(22)23)15-5-3-4-6-17(15)20/h3-10,12,16H,11H2,1-2H3,(H,22,23). The Balaban J connectivity index is 1.77. The fourth-order valence-corrected chi connectivity index (χ4v) is 2.96. The van der Waals surface area contributed by atoms with E-state index in [0.717, 1.165) is 0 Å². The molecule has 1 amide bonds. The largest absolute Gasteiger partial charge is 0.497 e. The van der Waals surface area contributed by atoms with Gasteiger partial charge in [0.15, 0.2) is 6.10 Å². The van der Waals surface area contributed by atoms with E-state index < -0.39 is 18.0 Å². The van der Waals surface area contributed by atoms with Crippen LogP contribution >= 0.6 is 0 Å². The lowest BCUT2D eigenvalue weighted by Crippen LogP contribution is -2.40. The van der Waals surface area contributed by atoms with Gasteiger partial charge in [0.25, 0.3) is 5.91 Å². The van der Waals surface area contributed by atoms with Gasteiger partial charge in [-0.25, -0.2) is 0 Å². The maximum absolute atomic E-state index is 12.8. The molecule has 0 aromatic heterocycles. The Kier molecular flexibility index (Phi) is 4.61. The summed E-state index contributed by atoms with van der Waals surface area (Å²) >= 11 is 0. The summed E-state index contributed by atoms with van der Waals surface area (Å²) in [5.74, 6) is -0.681. The number of hydrogen-bond donors (Lipinski definition) is 1. The van der Waals surface area contributed by atoms with Crippen LogP contribution in [0.3, 0.4) is 0 Å². The number of carboxylic acids is 1. The minimum atomic E-state index is -0.938. The Hall–Kier alpha value is -3.02. The number of anilines is 1. The quantitative estimate of drug-likeness (QED) is 0.905. The van der Waals surface area contributed by atoms with Crippen LogP contribution in [-0.2, 0) is 9.59 Å². The number of carboxylic acid groups (broad SMARTS) is 1. The molecule has 6 nitrogen and oxygen atoms in total. The number of rotatable bonds is 5. The molecule has 2 aromatic rings. The molecule has 0 fully saturated rings. The van der Waals surface area contributed by atoms with Crippen LogP contribution in [0.25, 0.3) is 0 Å². The first-order valence-electron chi connectivity index (χ1n) is 7.95. The highest BCUT2D eigenvalue weighted by Gasteiger charge is 2.38. The van der Waals surface area contributed by atoms with Crippen LogP contribution in [0.4, 0.5) is 5.69 Å². The Labute approximate surface area is 145 Å². The highest BCUT2D eigenvalue weighted by atomic mass is 16.5. The number of para-hydroxylation sites is 1. The smallest absolute Gasteiger partial charge is 0.312 e. The van der Waals surface area contributed by atoms with Crippen molar-refractivity contribution in [1.29, 1.82) is 0 Å². The molecule has 1 heterocycles. The lowest BCUT2D eigenvalue weighted by Gasteiger charge is -2.22. The van der Waals surface area contributed by atoms with Gasteiger partial charge >= 0.3 is 5.97 Å². The van der Waals surface area contributed by atoms with Crippen molar-refractivity contribution in [2.45, 2.75) is 18.9 Å². The molecule has 3 rings (SSSR count). The van der Waals surface area contributed by atoms with E-state index in [1.165, 1.54) is 4.90 Å². The molecule has 1 N–H and O–H groups in total. The van der Waals surface area contributed by atoms with Gasteiger partial charge < -0.3 is 19.5 Å². The van der Waals surface area contributed by atoms with Crippen molar-refractivity contribution in [2.75, 3.05) is 18.6 Å². The third-order valence-electron chi connectivity index (χ3n) is 4.25. The number of carbonyl (C=O) groups excluding carboxylic acids is 1. The summed E-state index contributed by atoms with van der Waals surface area (Å²) in [5.41, 5.74) is 1.28. The van der Waals surface area contributed by atoms with Gasteiger partial charge in [-0.2, -0.15) is 0 Å². The zero-order valence-corrected chi connectivity index (χ0v) is 14.0. The summed E-state index contributed by atoms with van der Waals surface area (Å²) in [6.07, 6.45) is -0.742. The number of benzene rings is 2. The first-order valence-corrected chi connectivity index (χ1v) is 7.95. The highest BCUT2D eigenvalue weighted by Crippen LogP contribution is 2.36. The van der Waals surface area contributed by atoms with Crippen LogP contribution in [0, 0.1) is 0 Å². The number of aliphatic carboxylic acids is 1. The van der Waals surface area contributed by atoms with E-state index in [2.05, 4.69) is 0 Å². The second kappa shape index (κ2) is 6.84. The van der Waals surface area contributed by atoms with Crippen molar-refractivity contribution in [3.63, 3.8) is 0 Å². The lowest BCUT2D eigenvalue weighted by atomic mass is 10.0. The van der Waals surface area contributed by atoms with Crippen molar-refractivity contribution in [3.05, 3.63) is 54.1 Å². The van der Waals surface area contributed by atoms with Crippen molar-refractivity contribution in [3.8, 4) is 11.5 Å². The molecule has 25 heavy (non-hydrogen) atoms. The molecule has 0 spiro atoms. The van der Waals surface area contributed by atoms with Gasteiger partial charge in [-0.15, -0.1) is 0 Å². The average Bonchev–Trinajstić information content (AvgIpc) is 3.01. The molecule has 0 radical (unpaired) electrons. The van der Waals surface area contributed by atoms with E-state index in [1.54, 1.807) is 62.6 Å². The van der Waals surface area contributed by atoms with Gasteiger partial charge in [0.2, 0.25) is 0 Å². The lowest BCUT2D eigenvalue weighted by molar-refractivity contribution is -0.138.